The molecule has 0 bridgehead atoms. The molecule has 7 heteroatoms. The summed E-state index contributed by atoms with van der Waals surface area (Å²) in [6.45, 7) is 1.13. The van der Waals surface area contributed by atoms with Crippen LogP contribution in [0.4, 0.5) is 5.69 Å². The quantitative estimate of drug-likeness (QED) is 0.372. The van der Waals surface area contributed by atoms with E-state index in [0.717, 1.165) is 22.8 Å². The zero-order chi connectivity index (χ0) is 22.1. The Labute approximate surface area is 187 Å². The number of anilines is 1. The van der Waals surface area contributed by atoms with E-state index in [1.807, 2.05) is 42.5 Å². The molecule has 0 aliphatic heterocycles. The second-order valence-corrected chi connectivity index (χ2v) is 7.41. The average Bonchev–Trinajstić information content (AvgIpc) is 2.77. The molecule has 2 amide bonds. The van der Waals surface area contributed by atoms with E-state index in [1.54, 1.807) is 31.4 Å². The third-order valence-electron chi connectivity index (χ3n) is 4.68. The molecule has 6 nitrogen and oxygen atoms in total. The van der Waals surface area contributed by atoms with Crippen LogP contribution in [0.1, 0.15) is 22.3 Å². The van der Waals surface area contributed by atoms with E-state index in [4.69, 9.17) is 17.0 Å². The highest BCUT2D eigenvalue weighted by Crippen LogP contribution is 2.19. The lowest BCUT2D eigenvalue weighted by Crippen LogP contribution is -2.35. The maximum atomic E-state index is 12.5. The fraction of sp³-hybridized carbons (Fsp3) is 0.208. The number of hydrogen-bond acceptors (Lipinski definition) is 4. The van der Waals surface area contributed by atoms with Gasteiger partial charge in [0.2, 0.25) is 5.91 Å². The van der Waals surface area contributed by atoms with Crippen molar-refractivity contribution in [3.05, 3.63) is 77.9 Å². The summed E-state index contributed by atoms with van der Waals surface area (Å²) in [4.78, 5) is 24.7. The number of ether oxygens (including phenoxy) is 1. The van der Waals surface area contributed by atoms with E-state index < -0.39 is 0 Å². The summed E-state index contributed by atoms with van der Waals surface area (Å²) in [6, 6.07) is 20.8. The molecule has 0 aliphatic rings. The molecule has 3 aromatic carbocycles. The van der Waals surface area contributed by atoms with E-state index in [-0.39, 0.29) is 23.3 Å². The maximum absolute atomic E-state index is 12.5. The zero-order valence-corrected chi connectivity index (χ0v) is 18.1. The van der Waals surface area contributed by atoms with Crippen molar-refractivity contribution >= 4 is 45.6 Å². The first kappa shape index (κ1) is 22.4. The number of fused-ring (bicyclic) bond motifs is 1. The van der Waals surface area contributed by atoms with Crippen LogP contribution in [0.15, 0.2) is 66.7 Å². The zero-order valence-electron chi connectivity index (χ0n) is 17.3. The van der Waals surface area contributed by atoms with Gasteiger partial charge in [-0.3, -0.25) is 9.59 Å². The molecule has 160 valence electrons. The van der Waals surface area contributed by atoms with Gasteiger partial charge in [-0.25, -0.2) is 0 Å². The fourth-order valence-corrected chi connectivity index (χ4v) is 3.44. The van der Waals surface area contributed by atoms with Crippen LogP contribution in [-0.2, 0) is 16.0 Å². The first-order chi connectivity index (χ1) is 15.1. The molecule has 3 rings (SSSR count). The lowest BCUT2D eigenvalue weighted by atomic mass is 10.0. The third-order valence-corrected chi connectivity index (χ3v) is 4.88. The summed E-state index contributed by atoms with van der Waals surface area (Å²) in [6.07, 6.45) is 0.958. The monoisotopic (exact) mass is 435 g/mol. The minimum absolute atomic E-state index is 0.175. The SMILES string of the molecule is COCCCNC(=O)c1cccc(NC(=S)NC(=O)Cc2cccc3ccccc23)c1. The molecule has 0 heterocycles. The maximum Gasteiger partial charge on any atom is 0.251 e. The number of nitrogens with one attached hydrogen (secondary N) is 3. The molecular weight excluding hydrogens is 410 g/mol. The van der Waals surface area contributed by atoms with Crippen LogP contribution in [0.5, 0.6) is 0 Å². The number of benzene rings is 3. The van der Waals surface area contributed by atoms with Gasteiger partial charge in [0, 0.05) is 31.5 Å². The molecule has 0 unspecified atom stereocenters. The van der Waals surface area contributed by atoms with Crippen LogP contribution in [0.3, 0.4) is 0 Å². The van der Waals surface area contributed by atoms with Crippen LogP contribution in [0, 0.1) is 0 Å². The average molecular weight is 436 g/mol. The van der Waals surface area contributed by atoms with Crippen LogP contribution < -0.4 is 16.0 Å². The van der Waals surface area contributed by atoms with Crippen molar-refractivity contribution in [2.45, 2.75) is 12.8 Å². The number of amides is 2. The van der Waals surface area contributed by atoms with Crippen LogP contribution >= 0.6 is 12.2 Å². The van der Waals surface area contributed by atoms with E-state index in [0.29, 0.717) is 24.4 Å². The van der Waals surface area contributed by atoms with Gasteiger partial charge in [0.1, 0.15) is 0 Å². The molecule has 0 aliphatic carbocycles. The van der Waals surface area contributed by atoms with E-state index >= 15 is 0 Å². The van der Waals surface area contributed by atoms with Gasteiger partial charge in [0.25, 0.3) is 5.91 Å². The molecule has 0 radical (unpaired) electrons. The number of rotatable bonds is 8. The summed E-state index contributed by atoms with van der Waals surface area (Å²) in [5.74, 6) is -0.383. The van der Waals surface area contributed by atoms with Gasteiger partial charge in [-0.2, -0.15) is 0 Å². The number of methoxy groups -OCH3 is 1. The summed E-state index contributed by atoms with van der Waals surface area (Å²) in [7, 11) is 1.63. The van der Waals surface area contributed by atoms with Crippen LogP contribution in [0.25, 0.3) is 10.8 Å². The molecule has 31 heavy (non-hydrogen) atoms. The van der Waals surface area contributed by atoms with Crippen molar-refractivity contribution < 1.29 is 14.3 Å². The standard InChI is InChI=1S/C24H25N3O3S/c1-30-14-6-13-25-23(29)19-10-5-11-20(15-19)26-24(31)27-22(28)16-18-9-4-8-17-7-2-3-12-21(17)18/h2-5,7-12,15H,6,13-14,16H2,1H3,(H,25,29)(H2,26,27,28,31). The number of thiocarbonyl (C=S) groups is 1. The largest absolute Gasteiger partial charge is 0.385 e. The Morgan fingerprint density at radius 2 is 1.77 bits per heavy atom. The van der Waals surface area contributed by atoms with Crippen LogP contribution in [0.2, 0.25) is 0 Å². The molecule has 0 aromatic heterocycles. The molecule has 0 spiro atoms. The summed E-state index contributed by atoms with van der Waals surface area (Å²) < 4.78 is 4.97. The van der Waals surface area contributed by atoms with Gasteiger partial charge in [0.15, 0.2) is 5.11 Å². The van der Waals surface area contributed by atoms with Gasteiger partial charge >= 0.3 is 0 Å². The number of carbonyl (C=O) groups excluding carboxylic acids is 2. The molecule has 3 N–H and O–H groups in total. The number of hydrogen-bond donors (Lipinski definition) is 3. The number of carbonyl (C=O) groups is 2. The normalized spacial score (nSPS) is 10.5. The smallest absolute Gasteiger partial charge is 0.251 e. The predicted octanol–water partition coefficient (Wildman–Crippen LogP) is 3.66. The summed E-state index contributed by atoms with van der Waals surface area (Å²) in [5, 5.41) is 10.8. The van der Waals surface area contributed by atoms with Gasteiger partial charge < -0.3 is 20.7 Å². The lowest BCUT2D eigenvalue weighted by Gasteiger charge is -2.12. The first-order valence-electron chi connectivity index (χ1n) is 10.0. The minimum Gasteiger partial charge on any atom is -0.385 e. The van der Waals surface area contributed by atoms with Crippen molar-refractivity contribution in [3.63, 3.8) is 0 Å². The Hall–Kier alpha value is -3.29. The topological polar surface area (TPSA) is 79.5 Å². The highest BCUT2D eigenvalue weighted by molar-refractivity contribution is 7.80. The van der Waals surface area contributed by atoms with Crippen LogP contribution in [-0.4, -0.2) is 37.2 Å². The van der Waals surface area contributed by atoms with E-state index in [1.165, 1.54) is 0 Å². The Bertz CT molecular complexity index is 1080. The minimum atomic E-state index is -0.208. The molecule has 0 atom stereocenters. The van der Waals surface area contributed by atoms with E-state index in [9.17, 15) is 9.59 Å². The Balaban J connectivity index is 1.55. The second-order valence-electron chi connectivity index (χ2n) is 7.00. The Morgan fingerprint density at radius 3 is 2.61 bits per heavy atom. The summed E-state index contributed by atoms with van der Waals surface area (Å²) >= 11 is 5.27. The Morgan fingerprint density at radius 1 is 1.00 bits per heavy atom. The van der Waals surface area contributed by atoms with Gasteiger partial charge in [-0.15, -0.1) is 0 Å². The molecule has 0 saturated heterocycles. The molecule has 3 aromatic rings. The predicted molar refractivity (Wildman–Crippen MR) is 127 cm³/mol. The summed E-state index contributed by atoms with van der Waals surface area (Å²) in [5.41, 5.74) is 2.07. The first-order valence-corrected chi connectivity index (χ1v) is 10.4. The molecule has 0 fully saturated rings. The van der Waals surface area contributed by atoms with Gasteiger partial charge in [0.05, 0.1) is 6.42 Å². The molecular formula is C24H25N3O3S. The van der Waals surface area contributed by atoms with Crippen molar-refractivity contribution in [1.82, 2.24) is 10.6 Å². The van der Waals surface area contributed by atoms with Crippen molar-refractivity contribution in [3.8, 4) is 0 Å². The lowest BCUT2D eigenvalue weighted by molar-refractivity contribution is -0.119. The van der Waals surface area contributed by atoms with Gasteiger partial charge in [-0.1, -0.05) is 48.5 Å². The second kappa shape index (κ2) is 11.2. The van der Waals surface area contributed by atoms with Gasteiger partial charge in [-0.05, 0) is 53.2 Å². The molecule has 0 saturated carbocycles. The van der Waals surface area contributed by atoms with Crippen molar-refractivity contribution in [2.24, 2.45) is 0 Å². The van der Waals surface area contributed by atoms with Crippen molar-refractivity contribution in [1.29, 1.82) is 0 Å². The Kier molecular flexibility index (Phi) is 8.09. The highest BCUT2D eigenvalue weighted by atomic mass is 32.1. The van der Waals surface area contributed by atoms with E-state index in [2.05, 4.69) is 16.0 Å². The third kappa shape index (κ3) is 6.60. The highest BCUT2D eigenvalue weighted by Gasteiger charge is 2.10. The van der Waals surface area contributed by atoms with Crippen molar-refractivity contribution in [2.75, 3.05) is 25.6 Å². The fourth-order valence-electron chi connectivity index (χ4n) is 3.21.